The molecule has 0 bridgehead atoms. The molecule has 28 heavy (non-hydrogen) atoms. The molecule has 0 spiro atoms. The van der Waals surface area contributed by atoms with Crippen molar-refractivity contribution in [3.8, 4) is 0 Å². The van der Waals surface area contributed by atoms with Crippen LogP contribution >= 0.6 is 24.4 Å². The summed E-state index contributed by atoms with van der Waals surface area (Å²) in [5.74, 6) is -3.85. The van der Waals surface area contributed by atoms with E-state index in [4.69, 9.17) is 16.6 Å². The number of aliphatic carboxylic acids is 1. The highest BCUT2D eigenvalue weighted by molar-refractivity contribution is 7.98. The molecule has 0 aromatic heterocycles. The number of rotatable bonds is 13. The molecule has 0 aromatic rings. The number of nitrogens with one attached hydrogen (secondary N) is 3. The Morgan fingerprint density at radius 2 is 1.57 bits per heavy atom. The number of amides is 4. The predicted molar refractivity (Wildman–Crippen MR) is 108 cm³/mol. The van der Waals surface area contributed by atoms with Crippen LogP contribution in [-0.4, -0.2) is 76.6 Å². The van der Waals surface area contributed by atoms with Gasteiger partial charge in [-0.3, -0.25) is 24.0 Å². The first-order chi connectivity index (χ1) is 13.0. The topological polar surface area (TPSA) is 194 Å². The van der Waals surface area contributed by atoms with Crippen molar-refractivity contribution in [2.75, 3.05) is 17.8 Å². The zero-order valence-electron chi connectivity index (χ0n) is 15.6. The summed E-state index contributed by atoms with van der Waals surface area (Å²) >= 11 is 5.52. The standard InChI is InChI=1S/C15H27N5O6S2/c1-7(15(25)26)18-13(23)9(5-11(17)21)19-14(24)10(6-27)20-12(22)8(16)3-4-28-2/h7-10,27H,3-6,16H2,1-2H3,(H2,17,21)(H,18,23)(H,19,24)(H,20,22)(H,25,26). The smallest absolute Gasteiger partial charge is 0.325 e. The maximum absolute atomic E-state index is 12.4. The molecule has 0 fully saturated rings. The summed E-state index contributed by atoms with van der Waals surface area (Å²) in [6.07, 6.45) is 1.72. The lowest BCUT2D eigenvalue weighted by atomic mass is 10.1. The fourth-order valence-electron chi connectivity index (χ4n) is 1.91. The van der Waals surface area contributed by atoms with Crippen molar-refractivity contribution in [1.82, 2.24) is 16.0 Å². The van der Waals surface area contributed by atoms with Gasteiger partial charge in [-0.15, -0.1) is 0 Å². The van der Waals surface area contributed by atoms with Crippen molar-refractivity contribution < 1.29 is 29.1 Å². The molecule has 4 atom stereocenters. The Hall–Kier alpha value is -1.99. The molecular weight excluding hydrogens is 410 g/mol. The number of hydrogen-bond acceptors (Lipinski definition) is 8. The molecule has 8 N–H and O–H groups in total. The number of thiol groups is 1. The van der Waals surface area contributed by atoms with Gasteiger partial charge in [-0.2, -0.15) is 24.4 Å². The molecular formula is C15H27N5O6S2. The minimum atomic E-state index is -1.41. The van der Waals surface area contributed by atoms with Crippen LogP contribution in [0.25, 0.3) is 0 Å². The van der Waals surface area contributed by atoms with E-state index in [1.54, 1.807) is 0 Å². The number of carboxylic acid groups (broad SMARTS) is 1. The summed E-state index contributed by atoms with van der Waals surface area (Å²) < 4.78 is 0. The van der Waals surface area contributed by atoms with Crippen molar-refractivity contribution in [3.05, 3.63) is 0 Å². The van der Waals surface area contributed by atoms with Gasteiger partial charge in [0.05, 0.1) is 12.5 Å². The Bertz CT molecular complexity index is 591. The molecule has 11 nitrogen and oxygen atoms in total. The molecule has 0 aliphatic heterocycles. The van der Waals surface area contributed by atoms with E-state index in [2.05, 4.69) is 28.6 Å². The molecule has 4 unspecified atom stereocenters. The van der Waals surface area contributed by atoms with Crippen LogP contribution in [0.4, 0.5) is 0 Å². The first kappa shape index (κ1) is 26.0. The number of hydrogen-bond donors (Lipinski definition) is 7. The summed E-state index contributed by atoms with van der Waals surface area (Å²) in [6.45, 7) is 1.22. The van der Waals surface area contributed by atoms with Crippen LogP contribution < -0.4 is 27.4 Å². The SMILES string of the molecule is CSCCC(N)C(=O)NC(CS)C(=O)NC(CC(N)=O)C(=O)NC(C)C(=O)O. The number of nitrogens with two attached hydrogens (primary N) is 2. The maximum Gasteiger partial charge on any atom is 0.325 e. The molecule has 0 aliphatic rings. The average Bonchev–Trinajstić information content (AvgIpc) is 2.62. The van der Waals surface area contributed by atoms with E-state index in [0.29, 0.717) is 12.2 Å². The molecule has 0 rings (SSSR count). The van der Waals surface area contributed by atoms with Gasteiger partial charge >= 0.3 is 5.97 Å². The lowest BCUT2D eigenvalue weighted by Gasteiger charge is -2.23. The Kier molecular flexibility index (Phi) is 12.3. The second-order valence-corrected chi connectivity index (χ2v) is 7.28. The van der Waals surface area contributed by atoms with Gasteiger partial charge in [-0.1, -0.05) is 0 Å². The highest BCUT2D eigenvalue weighted by Crippen LogP contribution is 2.01. The number of carbonyl (C=O) groups excluding carboxylic acids is 4. The third-order valence-electron chi connectivity index (χ3n) is 3.55. The summed E-state index contributed by atoms with van der Waals surface area (Å²) in [5.41, 5.74) is 10.8. The van der Waals surface area contributed by atoms with Gasteiger partial charge in [0.25, 0.3) is 0 Å². The van der Waals surface area contributed by atoms with Gasteiger partial charge in [0, 0.05) is 5.75 Å². The number of carboxylic acids is 1. The molecule has 0 radical (unpaired) electrons. The van der Waals surface area contributed by atoms with Crippen LogP contribution in [0.3, 0.4) is 0 Å². The van der Waals surface area contributed by atoms with E-state index in [9.17, 15) is 24.0 Å². The van der Waals surface area contributed by atoms with Gasteiger partial charge < -0.3 is 32.5 Å². The van der Waals surface area contributed by atoms with E-state index in [1.807, 2.05) is 6.26 Å². The highest BCUT2D eigenvalue weighted by Gasteiger charge is 2.29. The van der Waals surface area contributed by atoms with Crippen molar-refractivity contribution in [3.63, 3.8) is 0 Å². The van der Waals surface area contributed by atoms with Gasteiger partial charge in [-0.25, -0.2) is 0 Å². The fraction of sp³-hybridized carbons (Fsp3) is 0.667. The fourth-order valence-corrected chi connectivity index (χ4v) is 2.65. The molecule has 4 amide bonds. The van der Waals surface area contributed by atoms with Gasteiger partial charge in [0.1, 0.15) is 18.1 Å². The molecule has 0 saturated heterocycles. The van der Waals surface area contributed by atoms with Crippen LogP contribution in [0.15, 0.2) is 0 Å². The summed E-state index contributed by atoms with van der Waals surface area (Å²) in [5, 5.41) is 15.7. The van der Waals surface area contributed by atoms with Crippen molar-refractivity contribution in [2.45, 2.75) is 43.9 Å². The zero-order valence-corrected chi connectivity index (χ0v) is 17.3. The van der Waals surface area contributed by atoms with Crippen LogP contribution in [0.2, 0.25) is 0 Å². The van der Waals surface area contributed by atoms with Crippen LogP contribution in [0.5, 0.6) is 0 Å². The number of thioether (sulfide) groups is 1. The Balaban J connectivity index is 5.05. The second kappa shape index (κ2) is 13.2. The Morgan fingerprint density at radius 1 is 1.04 bits per heavy atom. The molecule has 0 saturated carbocycles. The third kappa shape index (κ3) is 9.80. The summed E-state index contributed by atoms with van der Waals surface area (Å²) in [6, 6.07) is -4.58. The zero-order chi connectivity index (χ0) is 21.9. The van der Waals surface area contributed by atoms with Crippen LogP contribution in [-0.2, 0) is 24.0 Å². The normalized spacial score (nSPS) is 14.9. The summed E-state index contributed by atoms with van der Waals surface area (Å²) in [7, 11) is 0. The largest absolute Gasteiger partial charge is 0.480 e. The molecule has 0 heterocycles. The highest BCUT2D eigenvalue weighted by atomic mass is 32.2. The van der Waals surface area contributed by atoms with Crippen molar-refractivity contribution in [1.29, 1.82) is 0 Å². The molecule has 13 heteroatoms. The molecule has 0 aliphatic carbocycles. The van der Waals surface area contributed by atoms with E-state index in [-0.39, 0.29) is 5.75 Å². The Morgan fingerprint density at radius 3 is 2.04 bits per heavy atom. The number of primary amides is 1. The lowest BCUT2D eigenvalue weighted by molar-refractivity contribution is -0.142. The first-order valence-electron chi connectivity index (χ1n) is 8.31. The van der Waals surface area contributed by atoms with Gasteiger partial charge in [0.15, 0.2) is 0 Å². The Labute approximate surface area is 172 Å². The minimum absolute atomic E-state index is 0.0940. The van der Waals surface area contributed by atoms with E-state index in [1.165, 1.54) is 18.7 Å². The third-order valence-corrected chi connectivity index (χ3v) is 4.56. The summed E-state index contributed by atoms with van der Waals surface area (Å²) in [4.78, 5) is 58.7. The number of carbonyl (C=O) groups is 5. The van der Waals surface area contributed by atoms with E-state index < -0.39 is 60.2 Å². The molecule has 0 aromatic carbocycles. The van der Waals surface area contributed by atoms with Gasteiger partial charge in [-0.05, 0) is 25.4 Å². The quantitative estimate of drug-likeness (QED) is 0.153. The average molecular weight is 438 g/mol. The first-order valence-corrected chi connectivity index (χ1v) is 10.3. The minimum Gasteiger partial charge on any atom is -0.480 e. The van der Waals surface area contributed by atoms with Crippen LogP contribution in [0, 0.1) is 0 Å². The van der Waals surface area contributed by atoms with E-state index >= 15 is 0 Å². The molecule has 160 valence electrons. The van der Waals surface area contributed by atoms with Crippen LogP contribution in [0.1, 0.15) is 19.8 Å². The predicted octanol–water partition coefficient (Wildman–Crippen LogP) is -2.57. The van der Waals surface area contributed by atoms with Gasteiger partial charge in [0.2, 0.25) is 23.6 Å². The van der Waals surface area contributed by atoms with Crippen molar-refractivity contribution >= 4 is 54.0 Å². The monoisotopic (exact) mass is 437 g/mol. The maximum atomic E-state index is 12.4. The second-order valence-electron chi connectivity index (χ2n) is 5.93. The van der Waals surface area contributed by atoms with E-state index in [0.717, 1.165) is 0 Å². The lowest BCUT2D eigenvalue weighted by Crippen LogP contribution is -2.58. The van der Waals surface area contributed by atoms with Crippen molar-refractivity contribution in [2.24, 2.45) is 11.5 Å².